The first-order chi connectivity index (χ1) is 11.6. The standard InChI is InChI=1S/C18H26N2O3S/c1-4-13-24-14-17(21)19-16-9-7-15(8-10-16)18(22)23-12-11-20(5-2)6-3/h4,7-10H,1,5-6,11-14H2,2-3H3,(H,19,21). The van der Waals surface area contributed by atoms with Gasteiger partial charge in [-0.25, -0.2) is 4.79 Å². The number of esters is 1. The molecule has 1 N–H and O–H groups in total. The van der Waals surface area contributed by atoms with Gasteiger partial charge in [0.1, 0.15) is 6.61 Å². The quantitative estimate of drug-likeness (QED) is 0.378. The molecule has 0 atom stereocenters. The molecule has 132 valence electrons. The second kappa shape index (κ2) is 11.7. The monoisotopic (exact) mass is 350 g/mol. The van der Waals surface area contributed by atoms with E-state index in [1.54, 1.807) is 30.3 Å². The Labute approximate surface area is 148 Å². The zero-order valence-electron chi connectivity index (χ0n) is 14.4. The smallest absolute Gasteiger partial charge is 0.338 e. The third kappa shape index (κ3) is 7.66. The van der Waals surface area contributed by atoms with E-state index in [-0.39, 0.29) is 11.9 Å². The summed E-state index contributed by atoms with van der Waals surface area (Å²) in [6.45, 7) is 10.7. The van der Waals surface area contributed by atoms with Gasteiger partial charge in [0.2, 0.25) is 5.91 Å². The van der Waals surface area contributed by atoms with Crippen molar-refractivity contribution >= 4 is 29.3 Å². The summed E-state index contributed by atoms with van der Waals surface area (Å²) in [6.07, 6.45) is 1.76. The lowest BCUT2D eigenvalue weighted by atomic mass is 10.2. The molecule has 0 bridgehead atoms. The minimum atomic E-state index is -0.346. The molecule has 5 nitrogen and oxygen atoms in total. The predicted octanol–water partition coefficient (Wildman–Crippen LogP) is 3.04. The summed E-state index contributed by atoms with van der Waals surface area (Å²) in [5.74, 6) is 0.699. The summed E-state index contributed by atoms with van der Waals surface area (Å²) >= 11 is 1.50. The third-order valence-corrected chi connectivity index (χ3v) is 4.35. The lowest BCUT2D eigenvalue weighted by Crippen LogP contribution is -2.27. The highest BCUT2D eigenvalue weighted by atomic mass is 32.2. The van der Waals surface area contributed by atoms with Crippen molar-refractivity contribution in [3.8, 4) is 0 Å². The average molecular weight is 350 g/mol. The number of ether oxygens (including phenoxy) is 1. The lowest BCUT2D eigenvalue weighted by molar-refractivity contribution is -0.113. The molecule has 0 aromatic heterocycles. The van der Waals surface area contributed by atoms with Crippen molar-refractivity contribution in [3.63, 3.8) is 0 Å². The van der Waals surface area contributed by atoms with Crippen molar-refractivity contribution in [1.82, 2.24) is 4.90 Å². The SMILES string of the molecule is C=CCSCC(=O)Nc1ccc(C(=O)OCCN(CC)CC)cc1. The van der Waals surface area contributed by atoms with Gasteiger partial charge in [-0.2, -0.15) is 0 Å². The Bertz CT molecular complexity index is 528. The molecule has 1 aromatic carbocycles. The molecule has 0 fully saturated rings. The number of nitrogens with one attached hydrogen (secondary N) is 1. The van der Waals surface area contributed by atoms with Crippen LogP contribution >= 0.6 is 11.8 Å². The molecule has 0 aliphatic rings. The summed E-state index contributed by atoms with van der Waals surface area (Å²) in [6, 6.07) is 6.73. The van der Waals surface area contributed by atoms with Crippen LogP contribution in [0.15, 0.2) is 36.9 Å². The summed E-state index contributed by atoms with van der Waals surface area (Å²) in [7, 11) is 0. The Morgan fingerprint density at radius 3 is 2.50 bits per heavy atom. The number of likely N-dealkylation sites (N-methyl/N-ethyl adjacent to an activating group) is 1. The Balaban J connectivity index is 2.41. The Kier molecular flexibility index (Phi) is 9.88. The lowest BCUT2D eigenvalue weighted by Gasteiger charge is -2.17. The van der Waals surface area contributed by atoms with Crippen LogP contribution in [0.5, 0.6) is 0 Å². The highest BCUT2D eigenvalue weighted by Crippen LogP contribution is 2.11. The molecular weight excluding hydrogens is 324 g/mol. The van der Waals surface area contributed by atoms with Crippen LogP contribution in [0.4, 0.5) is 5.69 Å². The van der Waals surface area contributed by atoms with Crippen LogP contribution in [0.3, 0.4) is 0 Å². The van der Waals surface area contributed by atoms with Crippen LogP contribution in [0.2, 0.25) is 0 Å². The maximum Gasteiger partial charge on any atom is 0.338 e. The van der Waals surface area contributed by atoms with E-state index in [1.807, 2.05) is 0 Å². The van der Waals surface area contributed by atoms with Crippen molar-refractivity contribution in [1.29, 1.82) is 0 Å². The minimum absolute atomic E-state index is 0.0728. The Hall–Kier alpha value is -1.79. The number of carbonyl (C=O) groups is 2. The molecule has 0 saturated heterocycles. The van der Waals surface area contributed by atoms with Gasteiger partial charge >= 0.3 is 5.97 Å². The minimum Gasteiger partial charge on any atom is -0.461 e. The molecular formula is C18H26N2O3S. The van der Waals surface area contributed by atoms with Gasteiger partial charge < -0.3 is 15.0 Å². The van der Waals surface area contributed by atoms with Crippen molar-refractivity contribution in [3.05, 3.63) is 42.5 Å². The van der Waals surface area contributed by atoms with E-state index in [1.165, 1.54) is 11.8 Å². The first-order valence-corrected chi connectivity index (χ1v) is 9.24. The number of benzene rings is 1. The van der Waals surface area contributed by atoms with E-state index in [2.05, 4.69) is 30.6 Å². The number of hydrogen-bond donors (Lipinski definition) is 1. The predicted molar refractivity (Wildman–Crippen MR) is 101 cm³/mol. The average Bonchev–Trinajstić information content (AvgIpc) is 2.59. The van der Waals surface area contributed by atoms with Crippen LogP contribution in [0, 0.1) is 0 Å². The molecule has 1 amide bonds. The van der Waals surface area contributed by atoms with Crippen LogP contribution < -0.4 is 5.32 Å². The number of amides is 1. The first-order valence-electron chi connectivity index (χ1n) is 8.08. The van der Waals surface area contributed by atoms with Gasteiger partial charge in [0.05, 0.1) is 11.3 Å². The molecule has 0 aliphatic heterocycles. The van der Waals surface area contributed by atoms with E-state index in [0.29, 0.717) is 23.6 Å². The molecule has 0 heterocycles. The van der Waals surface area contributed by atoms with Gasteiger partial charge in [0.15, 0.2) is 0 Å². The normalized spacial score (nSPS) is 10.5. The number of rotatable bonds is 11. The molecule has 6 heteroatoms. The maximum absolute atomic E-state index is 12.0. The molecule has 0 aliphatic carbocycles. The molecule has 0 spiro atoms. The molecule has 0 radical (unpaired) electrons. The fraction of sp³-hybridized carbons (Fsp3) is 0.444. The highest BCUT2D eigenvalue weighted by molar-refractivity contribution is 8.00. The summed E-state index contributed by atoms with van der Waals surface area (Å²) < 4.78 is 5.27. The number of thioether (sulfide) groups is 1. The molecule has 1 rings (SSSR count). The fourth-order valence-corrected chi connectivity index (χ4v) is 2.55. The van der Waals surface area contributed by atoms with Crippen molar-refractivity contribution in [2.45, 2.75) is 13.8 Å². The van der Waals surface area contributed by atoms with E-state index < -0.39 is 0 Å². The fourth-order valence-electron chi connectivity index (χ4n) is 2.01. The van der Waals surface area contributed by atoms with Crippen molar-refractivity contribution < 1.29 is 14.3 Å². The summed E-state index contributed by atoms with van der Waals surface area (Å²) in [4.78, 5) is 25.9. The van der Waals surface area contributed by atoms with Crippen LogP contribution in [-0.2, 0) is 9.53 Å². The number of hydrogen-bond acceptors (Lipinski definition) is 5. The molecule has 1 aromatic rings. The molecule has 0 saturated carbocycles. The number of anilines is 1. The second-order valence-electron chi connectivity index (χ2n) is 5.09. The van der Waals surface area contributed by atoms with Gasteiger partial charge in [0.25, 0.3) is 0 Å². The van der Waals surface area contributed by atoms with Gasteiger partial charge in [-0.1, -0.05) is 19.9 Å². The largest absolute Gasteiger partial charge is 0.461 e. The summed E-state index contributed by atoms with van der Waals surface area (Å²) in [5.41, 5.74) is 1.15. The second-order valence-corrected chi connectivity index (χ2v) is 6.12. The van der Waals surface area contributed by atoms with E-state index in [9.17, 15) is 9.59 Å². The van der Waals surface area contributed by atoms with Crippen LogP contribution in [-0.4, -0.2) is 54.5 Å². The Morgan fingerprint density at radius 2 is 1.92 bits per heavy atom. The van der Waals surface area contributed by atoms with Gasteiger partial charge in [-0.05, 0) is 37.4 Å². The van der Waals surface area contributed by atoms with Crippen molar-refractivity contribution in [2.24, 2.45) is 0 Å². The first kappa shape index (κ1) is 20.3. The zero-order valence-corrected chi connectivity index (χ0v) is 15.2. The highest BCUT2D eigenvalue weighted by Gasteiger charge is 2.09. The van der Waals surface area contributed by atoms with Crippen LogP contribution in [0.1, 0.15) is 24.2 Å². The Morgan fingerprint density at radius 1 is 1.25 bits per heavy atom. The zero-order chi connectivity index (χ0) is 17.8. The summed E-state index contributed by atoms with van der Waals surface area (Å²) in [5, 5.41) is 2.79. The van der Waals surface area contributed by atoms with Gasteiger partial charge in [0, 0.05) is 18.0 Å². The van der Waals surface area contributed by atoms with Crippen molar-refractivity contribution in [2.75, 3.05) is 43.1 Å². The molecule has 0 unspecified atom stereocenters. The number of carbonyl (C=O) groups excluding carboxylic acids is 2. The van der Waals surface area contributed by atoms with Gasteiger partial charge in [-0.15, -0.1) is 18.3 Å². The molecule has 24 heavy (non-hydrogen) atoms. The number of nitrogens with zero attached hydrogens (tertiary/aromatic N) is 1. The maximum atomic E-state index is 12.0. The van der Waals surface area contributed by atoms with Crippen LogP contribution in [0.25, 0.3) is 0 Å². The topological polar surface area (TPSA) is 58.6 Å². The van der Waals surface area contributed by atoms with E-state index in [0.717, 1.165) is 25.4 Å². The third-order valence-electron chi connectivity index (χ3n) is 3.41. The van der Waals surface area contributed by atoms with Gasteiger partial charge in [-0.3, -0.25) is 4.79 Å². The van der Waals surface area contributed by atoms with E-state index >= 15 is 0 Å². The van der Waals surface area contributed by atoms with E-state index in [4.69, 9.17) is 4.74 Å².